The van der Waals surface area contributed by atoms with E-state index in [1.165, 1.54) is 22.2 Å². The van der Waals surface area contributed by atoms with E-state index in [1.54, 1.807) is 25.1 Å². The summed E-state index contributed by atoms with van der Waals surface area (Å²) in [6, 6.07) is 16.8. The monoisotopic (exact) mass is 415 g/mol. The minimum atomic E-state index is -0.296. The Kier molecular flexibility index (Phi) is 4.33. The molecule has 0 unspecified atom stereocenters. The third kappa shape index (κ3) is 3.04. The van der Waals surface area contributed by atoms with Gasteiger partial charge in [-0.1, -0.05) is 30.3 Å². The molecule has 5 rings (SSSR count). The molecule has 0 fully saturated rings. The first kappa shape index (κ1) is 18.4. The summed E-state index contributed by atoms with van der Waals surface area (Å²) in [5.74, 6) is -0.575. The van der Waals surface area contributed by atoms with Gasteiger partial charge in [0.25, 0.3) is 5.56 Å². The second kappa shape index (κ2) is 7.03. The molecule has 0 spiro atoms. The topological polar surface area (TPSA) is 81.1 Å². The number of nitrogens with zero attached hydrogens (tertiary/aromatic N) is 2. The number of ketones is 1. The highest BCUT2D eigenvalue weighted by molar-refractivity contribution is 7.21. The third-order valence-electron chi connectivity index (χ3n) is 5.38. The molecule has 2 aromatic heterocycles. The minimum Gasteiger partial charge on any atom is -0.325 e. The summed E-state index contributed by atoms with van der Waals surface area (Å²) in [5.41, 5.74) is 2.80. The van der Waals surface area contributed by atoms with Crippen LogP contribution in [0.5, 0.6) is 0 Å². The van der Waals surface area contributed by atoms with Gasteiger partial charge in [-0.15, -0.1) is 11.3 Å². The lowest BCUT2D eigenvalue weighted by molar-refractivity contribution is -0.116. The standard InChI is InChI=1S/C23H17N3O3S/c1-13-16-9-15(7-8-18(16)25-21(13)28)19(27)11-26-12-24-22-17(23(26)29)10-20(30-22)14-5-3-2-4-6-14/h2-10,12-13H,11H2,1H3,(H,25,28)/t13-/m0/s1. The Bertz CT molecular complexity index is 1370. The average Bonchev–Trinajstić information content (AvgIpc) is 3.32. The molecular weight excluding hydrogens is 398 g/mol. The van der Waals surface area contributed by atoms with Crippen molar-refractivity contribution in [2.45, 2.75) is 19.4 Å². The molecule has 1 aliphatic rings. The summed E-state index contributed by atoms with van der Waals surface area (Å²) in [4.78, 5) is 43.6. The molecule has 30 heavy (non-hydrogen) atoms. The van der Waals surface area contributed by atoms with Gasteiger partial charge in [-0.05, 0) is 42.3 Å². The molecule has 0 radical (unpaired) electrons. The van der Waals surface area contributed by atoms with E-state index in [4.69, 9.17) is 0 Å². The normalized spacial score (nSPS) is 15.2. The molecule has 7 heteroatoms. The van der Waals surface area contributed by atoms with Crippen molar-refractivity contribution >= 4 is 38.9 Å². The first-order chi connectivity index (χ1) is 14.5. The predicted octanol–water partition coefficient (Wildman–Crippen LogP) is 4.06. The van der Waals surface area contributed by atoms with Crippen molar-refractivity contribution < 1.29 is 9.59 Å². The molecule has 0 aliphatic carbocycles. The van der Waals surface area contributed by atoms with Crippen LogP contribution >= 0.6 is 11.3 Å². The van der Waals surface area contributed by atoms with Crippen molar-refractivity contribution in [1.29, 1.82) is 0 Å². The largest absolute Gasteiger partial charge is 0.325 e. The first-order valence-electron chi connectivity index (χ1n) is 9.53. The zero-order valence-electron chi connectivity index (χ0n) is 16.1. The molecular formula is C23H17N3O3S. The molecule has 1 aliphatic heterocycles. The van der Waals surface area contributed by atoms with Crippen molar-refractivity contribution in [1.82, 2.24) is 9.55 Å². The molecule has 1 N–H and O–H groups in total. The van der Waals surface area contributed by atoms with Crippen LogP contribution in [0.1, 0.15) is 28.8 Å². The number of carbonyl (C=O) groups excluding carboxylic acids is 2. The Hall–Kier alpha value is -3.58. The van der Waals surface area contributed by atoms with Gasteiger partial charge in [-0.3, -0.25) is 19.0 Å². The van der Waals surface area contributed by atoms with E-state index in [9.17, 15) is 14.4 Å². The summed E-state index contributed by atoms with van der Waals surface area (Å²) in [5, 5.41) is 3.30. The van der Waals surface area contributed by atoms with Crippen molar-refractivity contribution in [2.75, 3.05) is 5.32 Å². The summed E-state index contributed by atoms with van der Waals surface area (Å²) >= 11 is 1.45. The Labute approximate surface area is 175 Å². The predicted molar refractivity (Wildman–Crippen MR) is 117 cm³/mol. The number of aromatic nitrogens is 2. The van der Waals surface area contributed by atoms with Gasteiger partial charge in [0, 0.05) is 16.1 Å². The lowest BCUT2D eigenvalue weighted by atomic mass is 9.99. The van der Waals surface area contributed by atoms with Gasteiger partial charge < -0.3 is 5.32 Å². The number of rotatable bonds is 4. The van der Waals surface area contributed by atoms with Crippen LogP contribution in [0.25, 0.3) is 20.7 Å². The smallest absolute Gasteiger partial charge is 0.262 e. The van der Waals surface area contributed by atoms with E-state index >= 15 is 0 Å². The fourth-order valence-corrected chi connectivity index (χ4v) is 4.65. The molecule has 2 aromatic carbocycles. The Balaban J connectivity index is 1.46. The van der Waals surface area contributed by atoms with Gasteiger partial charge >= 0.3 is 0 Å². The number of hydrogen-bond donors (Lipinski definition) is 1. The van der Waals surface area contributed by atoms with E-state index in [1.807, 2.05) is 36.4 Å². The molecule has 6 nitrogen and oxygen atoms in total. The summed E-state index contributed by atoms with van der Waals surface area (Å²) in [6.07, 6.45) is 1.43. The molecule has 1 amide bonds. The van der Waals surface area contributed by atoms with Gasteiger partial charge in [-0.25, -0.2) is 4.98 Å². The highest BCUT2D eigenvalue weighted by Crippen LogP contribution is 2.33. The number of thiophene rings is 1. The van der Waals surface area contributed by atoms with Crippen LogP contribution < -0.4 is 10.9 Å². The number of fused-ring (bicyclic) bond motifs is 2. The fraction of sp³-hybridized carbons (Fsp3) is 0.130. The molecule has 0 saturated heterocycles. The zero-order valence-corrected chi connectivity index (χ0v) is 16.9. The number of nitrogens with one attached hydrogen (secondary N) is 1. The van der Waals surface area contributed by atoms with E-state index in [0.29, 0.717) is 15.8 Å². The van der Waals surface area contributed by atoms with Crippen LogP contribution in [-0.2, 0) is 11.3 Å². The van der Waals surface area contributed by atoms with E-state index in [-0.39, 0.29) is 29.7 Å². The molecule has 0 bridgehead atoms. The van der Waals surface area contributed by atoms with Crippen LogP contribution in [0.2, 0.25) is 0 Å². The number of carbonyl (C=O) groups is 2. The van der Waals surface area contributed by atoms with Crippen molar-refractivity contribution in [2.24, 2.45) is 0 Å². The number of amides is 1. The summed E-state index contributed by atoms with van der Waals surface area (Å²) < 4.78 is 1.34. The fourth-order valence-electron chi connectivity index (χ4n) is 3.65. The number of Topliss-reactive ketones (excluding diaryl/α,β-unsaturated/α-hetero) is 1. The van der Waals surface area contributed by atoms with E-state index in [2.05, 4.69) is 10.3 Å². The SMILES string of the molecule is C[C@@H]1C(=O)Nc2ccc(C(=O)Cn3cnc4sc(-c5ccccc5)cc4c3=O)cc21. The first-order valence-corrected chi connectivity index (χ1v) is 10.4. The van der Waals surface area contributed by atoms with Crippen LogP contribution in [0.4, 0.5) is 5.69 Å². The maximum absolute atomic E-state index is 12.9. The maximum atomic E-state index is 12.9. The van der Waals surface area contributed by atoms with Gasteiger partial charge in [-0.2, -0.15) is 0 Å². The van der Waals surface area contributed by atoms with E-state index < -0.39 is 0 Å². The second-order valence-electron chi connectivity index (χ2n) is 7.31. The highest BCUT2D eigenvalue weighted by Gasteiger charge is 2.27. The average molecular weight is 415 g/mol. The number of benzene rings is 2. The van der Waals surface area contributed by atoms with Crippen LogP contribution in [-0.4, -0.2) is 21.2 Å². The molecule has 4 aromatic rings. The number of hydrogen-bond acceptors (Lipinski definition) is 5. The minimum absolute atomic E-state index is 0.0767. The van der Waals surface area contributed by atoms with Crippen molar-refractivity contribution in [3.63, 3.8) is 0 Å². The molecule has 0 saturated carbocycles. The lowest BCUT2D eigenvalue weighted by Crippen LogP contribution is -2.24. The summed E-state index contributed by atoms with van der Waals surface area (Å²) in [6.45, 7) is 1.70. The third-order valence-corrected chi connectivity index (χ3v) is 6.47. The summed E-state index contributed by atoms with van der Waals surface area (Å²) in [7, 11) is 0. The molecule has 148 valence electrons. The van der Waals surface area contributed by atoms with Gasteiger partial charge in [0.2, 0.25) is 5.91 Å². The van der Waals surface area contributed by atoms with Gasteiger partial charge in [0.15, 0.2) is 5.78 Å². The maximum Gasteiger partial charge on any atom is 0.262 e. The van der Waals surface area contributed by atoms with Gasteiger partial charge in [0.05, 0.1) is 24.2 Å². The molecule has 1 atom stereocenters. The van der Waals surface area contributed by atoms with Crippen molar-refractivity contribution in [3.05, 3.63) is 82.4 Å². The van der Waals surface area contributed by atoms with Crippen LogP contribution in [0, 0.1) is 0 Å². The molecule has 3 heterocycles. The Morgan fingerprint density at radius 1 is 1.13 bits per heavy atom. The lowest BCUT2D eigenvalue weighted by Gasteiger charge is -2.07. The van der Waals surface area contributed by atoms with Gasteiger partial charge in [0.1, 0.15) is 4.83 Å². The zero-order chi connectivity index (χ0) is 20.8. The number of anilines is 1. The highest BCUT2D eigenvalue weighted by atomic mass is 32.1. The Morgan fingerprint density at radius 2 is 1.93 bits per heavy atom. The van der Waals surface area contributed by atoms with Crippen molar-refractivity contribution in [3.8, 4) is 10.4 Å². The van der Waals surface area contributed by atoms with E-state index in [0.717, 1.165) is 21.7 Å². The van der Waals surface area contributed by atoms with Crippen LogP contribution in [0.15, 0.2) is 65.7 Å². The second-order valence-corrected chi connectivity index (χ2v) is 8.34. The quantitative estimate of drug-likeness (QED) is 0.510. The van der Waals surface area contributed by atoms with Crippen LogP contribution in [0.3, 0.4) is 0 Å². The Morgan fingerprint density at radius 3 is 2.73 bits per heavy atom.